The highest BCUT2D eigenvalue weighted by Crippen LogP contribution is 2.26. The lowest BCUT2D eigenvalue weighted by Crippen LogP contribution is -2.31. The van der Waals surface area contributed by atoms with Crippen LogP contribution in [-0.4, -0.2) is 31.6 Å². The third kappa shape index (κ3) is 3.34. The van der Waals surface area contributed by atoms with Gasteiger partial charge in [0.25, 0.3) is 5.91 Å². The molecule has 0 aliphatic carbocycles. The fourth-order valence-corrected chi connectivity index (χ4v) is 2.69. The Morgan fingerprint density at radius 3 is 2.84 bits per heavy atom. The summed E-state index contributed by atoms with van der Waals surface area (Å²) in [6, 6.07) is 5.53. The molecule has 0 radical (unpaired) electrons. The highest BCUT2D eigenvalue weighted by Gasteiger charge is 2.14. The standard InChI is InChI=1S/C11H12BrN3O3S/c12-8-2-1-3-9-10(8)7(6-15-9)11(16)14-4-5-19(13,17)18/h1-3,6,15H,4-5H2,(H,14,16)(H2,13,17,18). The molecule has 0 atom stereocenters. The number of H-pyrrole nitrogens is 1. The first-order valence-corrected chi connectivity index (χ1v) is 7.93. The van der Waals surface area contributed by atoms with Crippen LogP contribution < -0.4 is 10.5 Å². The molecule has 1 amide bonds. The summed E-state index contributed by atoms with van der Waals surface area (Å²) in [4.78, 5) is 15.0. The second-order valence-electron chi connectivity index (χ2n) is 3.99. The number of nitrogens with one attached hydrogen (secondary N) is 2. The molecule has 0 saturated heterocycles. The summed E-state index contributed by atoms with van der Waals surface area (Å²) in [6.07, 6.45) is 1.59. The minimum Gasteiger partial charge on any atom is -0.360 e. The summed E-state index contributed by atoms with van der Waals surface area (Å²) in [6.45, 7) is -0.0191. The van der Waals surface area contributed by atoms with Gasteiger partial charge in [-0.2, -0.15) is 0 Å². The van der Waals surface area contributed by atoms with Gasteiger partial charge in [-0.25, -0.2) is 13.6 Å². The van der Waals surface area contributed by atoms with Crippen LogP contribution in [0.4, 0.5) is 0 Å². The molecule has 6 nitrogen and oxygen atoms in total. The monoisotopic (exact) mass is 345 g/mol. The van der Waals surface area contributed by atoms with E-state index >= 15 is 0 Å². The van der Waals surface area contributed by atoms with Crippen LogP contribution in [0.3, 0.4) is 0 Å². The van der Waals surface area contributed by atoms with E-state index in [0.717, 1.165) is 15.4 Å². The first-order valence-electron chi connectivity index (χ1n) is 5.43. The first kappa shape index (κ1) is 14.0. The summed E-state index contributed by atoms with van der Waals surface area (Å²) >= 11 is 3.38. The number of aromatic amines is 1. The van der Waals surface area contributed by atoms with E-state index in [0.29, 0.717) is 5.56 Å². The topological polar surface area (TPSA) is 105 Å². The molecule has 19 heavy (non-hydrogen) atoms. The Morgan fingerprint density at radius 2 is 2.16 bits per heavy atom. The lowest BCUT2D eigenvalue weighted by atomic mass is 10.1. The summed E-state index contributed by atoms with van der Waals surface area (Å²) in [5.41, 5.74) is 1.28. The van der Waals surface area contributed by atoms with Gasteiger partial charge in [0.15, 0.2) is 0 Å². The van der Waals surface area contributed by atoms with Gasteiger partial charge in [-0.15, -0.1) is 0 Å². The number of hydrogen-bond acceptors (Lipinski definition) is 3. The molecule has 0 aliphatic rings. The molecule has 1 aromatic carbocycles. The summed E-state index contributed by atoms with van der Waals surface area (Å²) in [5.74, 6) is -0.635. The fraction of sp³-hybridized carbons (Fsp3) is 0.182. The summed E-state index contributed by atoms with van der Waals surface area (Å²) in [5, 5.41) is 8.14. The van der Waals surface area contributed by atoms with Crippen LogP contribution in [-0.2, 0) is 10.0 Å². The Hall–Kier alpha value is -1.38. The Balaban J connectivity index is 2.18. The van der Waals surface area contributed by atoms with Gasteiger partial charge in [0, 0.05) is 28.1 Å². The third-order valence-corrected chi connectivity index (χ3v) is 4.01. The quantitative estimate of drug-likeness (QED) is 0.767. The maximum atomic E-state index is 12.0. The van der Waals surface area contributed by atoms with Crippen molar-refractivity contribution in [3.8, 4) is 0 Å². The van der Waals surface area contributed by atoms with Crippen molar-refractivity contribution in [2.24, 2.45) is 5.14 Å². The van der Waals surface area contributed by atoms with E-state index in [4.69, 9.17) is 5.14 Å². The van der Waals surface area contributed by atoms with Crippen molar-refractivity contribution in [1.82, 2.24) is 10.3 Å². The van der Waals surface area contributed by atoms with Crippen LogP contribution in [0, 0.1) is 0 Å². The Morgan fingerprint density at radius 1 is 1.42 bits per heavy atom. The molecule has 0 unspecified atom stereocenters. The van der Waals surface area contributed by atoms with Gasteiger partial charge in [-0.05, 0) is 12.1 Å². The average Bonchev–Trinajstić information content (AvgIpc) is 2.72. The fourth-order valence-electron chi connectivity index (χ4n) is 1.72. The van der Waals surface area contributed by atoms with Gasteiger partial charge >= 0.3 is 0 Å². The van der Waals surface area contributed by atoms with Gasteiger partial charge in [0.2, 0.25) is 10.0 Å². The molecule has 8 heteroatoms. The van der Waals surface area contributed by atoms with E-state index in [1.807, 2.05) is 18.2 Å². The molecule has 1 heterocycles. The van der Waals surface area contributed by atoms with E-state index in [9.17, 15) is 13.2 Å². The zero-order chi connectivity index (χ0) is 14.0. The number of benzene rings is 1. The number of carbonyl (C=O) groups excluding carboxylic acids is 1. The zero-order valence-corrected chi connectivity index (χ0v) is 12.2. The van der Waals surface area contributed by atoms with E-state index in [1.54, 1.807) is 6.20 Å². The van der Waals surface area contributed by atoms with Crippen molar-refractivity contribution in [2.75, 3.05) is 12.3 Å². The molecule has 4 N–H and O–H groups in total. The SMILES string of the molecule is NS(=O)(=O)CCNC(=O)c1c[nH]c2cccc(Br)c12. The number of carbonyl (C=O) groups is 1. The van der Waals surface area contributed by atoms with Crippen LogP contribution in [0.25, 0.3) is 10.9 Å². The molecular formula is C11H12BrN3O3S. The number of halogens is 1. The summed E-state index contributed by atoms with van der Waals surface area (Å²) < 4.78 is 22.4. The number of hydrogen-bond donors (Lipinski definition) is 3. The third-order valence-electron chi connectivity index (χ3n) is 2.57. The predicted molar refractivity (Wildman–Crippen MR) is 76.3 cm³/mol. The van der Waals surface area contributed by atoms with E-state index < -0.39 is 10.0 Å². The predicted octanol–water partition coefficient (Wildman–Crippen LogP) is 0.949. The minimum atomic E-state index is -3.57. The van der Waals surface area contributed by atoms with Crippen molar-refractivity contribution < 1.29 is 13.2 Å². The number of primary sulfonamides is 1. The second-order valence-corrected chi connectivity index (χ2v) is 6.58. The van der Waals surface area contributed by atoms with Gasteiger partial charge in [-0.1, -0.05) is 22.0 Å². The van der Waals surface area contributed by atoms with Crippen LogP contribution in [0.5, 0.6) is 0 Å². The number of amides is 1. The Kier molecular flexibility index (Phi) is 3.93. The van der Waals surface area contributed by atoms with Gasteiger partial charge in [0.1, 0.15) is 0 Å². The van der Waals surface area contributed by atoms with E-state index in [2.05, 4.69) is 26.2 Å². The summed E-state index contributed by atoms with van der Waals surface area (Å²) in [7, 11) is -3.57. The van der Waals surface area contributed by atoms with E-state index in [1.165, 1.54) is 0 Å². The lowest BCUT2D eigenvalue weighted by molar-refractivity contribution is 0.0958. The molecule has 0 fully saturated rings. The number of rotatable bonds is 4. The maximum Gasteiger partial charge on any atom is 0.253 e. The van der Waals surface area contributed by atoms with Crippen molar-refractivity contribution >= 4 is 42.8 Å². The first-order chi connectivity index (χ1) is 8.88. The maximum absolute atomic E-state index is 12.0. The van der Waals surface area contributed by atoms with Crippen LogP contribution in [0.1, 0.15) is 10.4 Å². The van der Waals surface area contributed by atoms with Crippen molar-refractivity contribution in [3.63, 3.8) is 0 Å². The van der Waals surface area contributed by atoms with Gasteiger partial charge < -0.3 is 10.3 Å². The zero-order valence-electron chi connectivity index (χ0n) is 9.81. The van der Waals surface area contributed by atoms with Crippen LogP contribution in [0.2, 0.25) is 0 Å². The number of sulfonamides is 1. The Bertz CT molecular complexity index is 724. The van der Waals surface area contributed by atoms with Gasteiger partial charge in [-0.3, -0.25) is 4.79 Å². The van der Waals surface area contributed by atoms with Crippen LogP contribution >= 0.6 is 15.9 Å². The average molecular weight is 346 g/mol. The molecule has 0 aliphatic heterocycles. The molecule has 2 aromatic rings. The lowest BCUT2D eigenvalue weighted by Gasteiger charge is -2.04. The van der Waals surface area contributed by atoms with Gasteiger partial charge in [0.05, 0.1) is 11.3 Å². The molecule has 2 rings (SSSR count). The number of fused-ring (bicyclic) bond motifs is 1. The van der Waals surface area contributed by atoms with Crippen molar-refractivity contribution in [3.05, 3.63) is 34.4 Å². The Labute approximate surface area is 118 Å². The molecule has 102 valence electrons. The van der Waals surface area contributed by atoms with Crippen molar-refractivity contribution in [2.45, 2.75) is 0 Å². The normalized spacial score (nSPS) is 11.7. The molecule has 0 spiro atoms. The van der Waals surface area contributed by atoms with Crippen LogP contribution in [0.15, 0.2) is 28.9 Å². The second kappa shape index (κ2) is 5.32. The largest absolute Gasteiger partial charge is 0.360 e. The molecule has 0 bridgehead atoms. The highest BCUT2D eigenvalue weighted by atomic mass is 79.9. The molecule has 1 aromatic heterocycles. The van der Waals surface area contributed by atoms with Crippen molar-refractivity contribution in [1.29, 1.82) is 0 Å². The van der Waals surface area contributed by atoms with E-state index in [-0.39, 0.29) is 18.2 Å². The smallest absolute Gasteiger partial charge is 0.253 e. The molecule has 0 saturated carbocycles. The molecular weight excluding hydrogens is 334 g/mol. The minimum absolute atomic E-state index is 0.0191. The number of nitrogens with two attached hydrogens (primary N) is 1. The number of aromatic nitrogens is 1. The highest BCUT2D eigenvalue weighted by molar-refractivity contribution is 9.10.